The summed E-state index contributed by atoms with van der Waals surface area (Å²) in [7, 11) is 0. The van der Waals surface area contributed by atoms with E-state index in [9.17, 15) is 4.39 Å². The molecule has 1 aromatic heterocycles. The van der Waals surface area contributed by atoms with Crippen molar-refractivity contribution >= 4 is 45.8 Å². The molecule has 0 saturated heterocycles. The lowest BCUT2D eigenvalue weighted by Gasteiger charge is -2.27. The van der Waals surface area contributed by atoms with Gasteiger partial charge in [0.05, 0.1) is 14.6 Å². The molecule has 5 heteroatoms. The smallest absolute Gasteiger partial charge is 0.178 e. The molecule has 0 radical (unpaired) electrons. The molecule has 1 N–H and O–H groups in total. The first kappa shape index (κ1) is 10.7. The van der Waals surface area contributed by atoms with Gasteiger partial charge in [0.1, 0.15) is 5.82 Å². The number of hydrogen-bond donors (Lipinski definition) is 1. The van der Waals surface area contributed by atoms with Crippen LogP contribution in [-0.4, -0.2) is 9.55 Å². The molecule has 1 aromatic carbocycles. The highest BCUT2D eigenvalue weighted by atomic mass is 127. The van der Waals surface area contributed by atoms with Crippen molar-refractivity contribution in [3.05, 3.63) is 26.3 Å². The molecule has 0 spiro atoms. The number of nitrogens with zero attached hydrogens (tertiary/aromatic N) is 1. The lowest BCUT2D eigenvalue weighted by Crippen LogP contribution is -2.16. The summed E-state index contributed by atoms with van der Waals surface area (Å²) in [6.07, 6.45) is 3.54. The lowest BCUT2D eigenvalue weighted by atomic mass is 9.93. The van der Waals surface area contributed by atoms with Crippen LogP contribution in [0.4, 0.5) is 4.39 Å². The second kappa shape index (κ2) is 3.80. The number of aromatic amines is 1. The first-order chi connectivity index (χ1) is 7.66. The Labute approximate surface area is 111 Å². The van der Waals surface area contributed by atoms with E-state index in [0.29, 0.717) is 14.4 Å². The summed E-state index contributed by atoms with van der Waals surface area (Å²) >= 11 is 7.29. The minimum Gasteiger partial charge on any atom is -0.331 e. The van der Waals surface area contributed by atoms with Gasteiger partial charge in [-0.2, -0.15) is 0 Å². The Kier molecular flexibility index (Phi) is 2.54. The van der Waals surface area contributed by atoms with Crippen LogP contribution in [0.1, 0.15) is 25.3 Å². The molecule has 2 nitrogen and oxygen atoms in total. The van der Waals surface area contributed by atoms with E-state index in [2.05, 4.69) is 9.55 Å². The molecule has 0 unspecified atom stereocenters. The number of imidazole rings is 1. The van der Waals surface area contributed by atoms with Gasteiger partial charge in [0, 0.05) is 12.1 Å². The predicted octanol–water partition coefficient (Wildman–Crippen LogP) is 4.17. The number of nitrogens with one attached hydrogen (secondary N) is 1. The zero-order valence-corrected chi connectivity index (χ0v) is 11.4. The number of aromatic nitrogens is 2. The van der Waals surface area contributed by atoms with Gasteiger partial charge in [-0.25, -0.2) is 4.39 Å². The van der Waals surface area contributed by atoms with Gasteiger partial charge in [-0.15, -0.1) is 0 Å². The van der Waals surface area contributed by atoms with Gasteiger partial charge < -0.3 is 9.55 Å². The van der Waals surface area contributed by atoms with Gasteiger partial charge >= 0.3 is 0 Å². The summed E-state index contributed by atoms with van der Waals surface area (Å²) in [5.41, 5.74) is 1.83. The van der Waals surface area contributed by atoms with E-state index >= 15 is 0 Å². The fraction of sp³-hybridized carbons (Fsp3) is 0.364. The van der Waals surface area contributed by atoms with Crippen molar-refractivity contribution in [2.24, 2.45) is 0 Å². The molecule has 2 aromatic rings. The Hall–Kier alpha value is -0.430. The number of benzene rings is 1. The average molecular weight is 348 g/mol. The van der Waals surface area contributed by atoms with Crippen molar-refractivity contribution < 1.29 is 4.39 Å². The van der Waals surface area contributed by atoms with E-state index in [1.807, 2.05) is 28.7 Å². The standard InChI is InChI=1S/C11H10FIN2S/c12-7-4-10-9(5-8(7)13)14-11(16)15(10)6-2-1-3-6/h4-6H,1-3H2,(H,14,16). The van der Waals surface area contributed by atoms with Crippen LogP contribution in [0, 0.1) is 14.2 Å². The van der Waals surface area contributed by atoms with E-state index in [1.165, 1.54) is 6.42 Å². The predicted molar refractivity (Wildman–Crippen MR) is 72.7 cm³/mol. The Morgan fingerprint density at radius 1 is 1.44 bits per heavy atom. The third-order valence-corrected chi connectivity index (χ3v) is 4.32. The summed E-state index contributed by atoms with van der Waals surface area (Å²) in [5.74, 6) is -0.171. The highest BCUT2D eigenvalue weighted by molar-refractivity contribution is 14.1. The lowest BCUT2D eigenvalue weighted by molar-refractivity contribution is 0.317. The molecule has 1 fully saturated rings. The zero-order valence-electron chi connectivity index (χ0n) is 8.46. The molecule has 0 bridgehead atoms. The fourth-order valence-corrected chi connectivity index (χ4v) is 2.95. The third kappa shape index (κ3) is 1.52. The molecule has 0 amide bonds. The normalized spacial score (nSPS) is 16.6. The van der Waals surface area contributed by atoms with Crippen LogP contribution >= 0.6 is 34.8 Å². The molecule has 84 valence electrons. The van der Waals surface area contributed by atoms with E-state index in [0.717, 1.165) is 23.9 Å². The SMILES string of the molecule is Fc1cc2c(cc1I)[nH]c(=S)n2C1CCC1. The quantitative estimate of drug-likeness (QED) is 0.606. The van der Waals surface area contributed by atoms with Crippen molar-refractivity contribution in [3.8, 4) is 0 Å². The summed E-state index contributed by atoms with van der Waals surface area (Å²) < 4.78 is 17.0. The van der Waals surface area contributed by atoms with Gasteiger partial charge in [0.15, 0.2) is 4.77 Å². The number of halogens is 2. The Balaban J connectivity index is 2.30. The molecule has 1 aliphatic rings. The second-order valence-electron chi connectivity index (χ2n) is 4.17. The van der Waals surface area contributed by atoms with Gasteiger partial charge in [-0.1, -0.05) is 0 Å². The van der Waals surface area contributed by atoms with Gasteiger partial charge in [-0.3, -0.25) is 0 Å². The van der Waals surface area contributed by atoms with Crippen molar-refractivity contribution in [3.63, 3.8) is 0 Å². The summed E-state index contributed by atoms with van der Waals surface area (Å²) in [6.45, 7) is 0. The Bertz CT molecular complexity index is 612. The molecule has 1 heterocycles. The number of H-pyrrole nitrogens is 1. The van der Waals surface area contributed by atoms with Gasteiger partial charge in [0.2, 0.25) is 0 Å². The molecule has 1 saturated carbocycles. The van der Waals surface area contributed by atoms with E-state index in [1.54, 1.807) is 6.07 Å². The maximum Gasteiger partial charge on any atom is 0.178 e. The Morgan fingerprint density at radius 2 is 2.19 bits per heavy atom. The van der Waals surface area contributed by atoms with Crippen molar-refractivity contribution in [2.75, 3.05) is 0 Å². The molecule has 3 rings (SSSR count). The first-order valence-electron chi connectivity index (χ1n) is 5.26. The Morgan fingerprint density at radius 3 is 2.81 bits per heavy atom. The number of fused-ring (bicyclic) bond motifs is 1. The van der Waals surface area contributed by atoms with Gasteiger partial charge in [-0.05, 0) is 60.1 Å². The van der Waals surface area contributed by atoms with Crippen LogP contribution in [0.2, 0.25) is 0 Å². The van der Waals surface area contributed by atoms with E-state index in [-0.39, 0.29) is 5.82 Å². The van der Waals surface area contributed by atoms with Crippen LogP contribution < -0.4 is 0 Å². The van der Waals surface area contributed by atoms with Crippen LogP contribution in [0.15, 0.2) is 12.1 Å². The second-order valence-corrected chi connectivity index (χ2v) is 5.72. The minimum absolute atomic E-state index is 0.171. The average Bonchev–Trinajstić information content (AvgIpc) is 2.43. The largest absolute Gasteiger partial charge is 0.331 e. The monoisotopic (exact) mass is 348 g/mol. The molecular weight excluding hydrogens is 338 g/mol. The zero-order chi connectivity index (χ0) is 11.3. The molecule has 1 aliphatic carbocycles. The third-order valence-electron chi connectivity index (χ3n) is 3.20. The number of rotatable bonds is 1. The van der Waals surface area contributed by atoms with Crippen molar-refractivity contribution in [1.82, 2.24) is 9.55 Å². The molecule has 0 aliphatic heterocycles. The fourth-order valence-electron chi connectivity index (χ4n) is 2.13. The van der Waals surface area contributed by atoms with Crippen LogP contribution in [0.25, 0.3) is 11.0 Å². The van der Waals surface area contributed by atoms with Crippen molar-refractivity contribution in [1.29, 1.82) is 0 Å². The van der Waals surface area contributed by atoms with E-state index < -0.39 is 0 Å². The maximum atomic E-state index is 13.6. The highest BCUT2D eigenvalue weighted by Gasteiger charge is 2.22. The van der Waals surface area contributed by atoms with Crippen molar-refractivity contribution in [2.45, 2.75) is 25.3 Å². The minimum atomic E-state index is -0.171. The van der Waals surface area contributed by atoms with Crippen LogP contribution in [0.5, 0.6) is 0 Å². The molecule has 16 heavy (non-hydrogen) atoms. The topological polar surface area (TPSA) is 20.7 Å². The first-order valence-corrected chi connectivity index (χ1v) is 6.75. The van der Waals surface area contributed by atoms with Crippen LogP contribution in [-0.2, 0) is 0 Å². The maximum absolute atomic E-state index is 13.6. The summed E-state index contributed by atoms with van der Waals surface area (Å²) in [6, 6.07) is 3.86. The van der Waals surface area contributed by atoms with Crippen LogP contribution in [0.3, 0.4) is 0 Å². The number of hydrogen-bond acceptors (Lipinski definition) is 1. The highest BCUT2D eigenvalue weighted by Crippen LogP contribution is 2.35. The summed E-state index contributed by atoms with van der Waals surface area (Å²) in [4.78, 5) is 3.15. The summed E-state index contributed by atoms with van der Waals surface area (Å²) in [5, 5.41) is 0. The molecular formula is C11H10FIN2S. The molecule has 0 atom stereocenters. The van der Waals surface area contributed by atoms with Gasteiger partial charge in [0.25, 0.3) is 0 Å². The van der Waals surface area contributed by atoms with E-state index in [4.69, 9.17) is 12.2 Å².